The molecule has 0 aromatic heterocycles. The van der Waals surface area contributed by atoms with E-state index in [1.54, 1.807) is 0 Å². The van der Waals surface area contributed by atoms with E-state index in [2.05, 4.69) is 30.1 Å². The van der Waals surface area contributed by atoms with Crippen LogP contribution in [0.4, 0.5) is 0 Å². The Labute approximate surface area is 153 Å². The Kier molecular flexibility index (Phi) is 9.68. The number of rotatable bonds is 1. The zero-order valence-corrected chi connectivity index (χ0v) is 17.1. The molecule has 3 unspecified atom stereocenters. The van der Waals surface area contributed by atoms with E-state index in [0.29, 0.717) is 0 Å². The Bertz CT molecular complexity index is 473. The summed E-state index contributed by atoms with van der Waals surface area (Å²) in [5.74, 6) is 1.43. The van der Waals surface area contributed by atoms with Gasteiger partial charge in [0.2, 0.25) is 0 Å². The summed E-state index contributed by atoms with van der Waals surface area (Å²) in [6.45, 7) is 8.18. The molecule has 2 rings (SSSR count). The Morgan fingerprint density at radius 3 is 2.64 bits per heavy atom. The van der Waals surface area contributed by atoms with E-state index in [0.717, 1.165) is 12.8 Å². The van der Waals surface area contributed by atoms with Crippen LogP contribution in [-0.4, -0.2) is 28.8 Å². The molecular formula is C18H26B2NRe-. The monoisotopic (exact) mass is 465 g/mol. The molecule has 5 radical (unpaired) electrons. The molecule has 0 bridgehead atoms. The summed E-state index contributed by atoms with van der Waals surface area (Å²) in [7, 11) is 14.7. The fourth-order valence-corrected chi connectivity index (χ4v) is 2.85. The third-order valence-electron chi connectivity index (χ3n) is 3.83. The van der Waals surface area contributed by atoms with Crippen molar-refractivity contribution >= 4 is 15.7 Å². The van der Waals surface area contributed by atoms with Gasteiger partial charge in [-0.2, -0.15) is 19.8 Å². The van der Waals surface area contributed by atoms with Gasteiger partial charge in [0.1, 0.15) is 0 Å². The number of fused-ring (bicyclic) bond motifs is 1. The van der Waals surface area contributed by atoms with Crippen LogP contribution >= 0.6 is 0 Å². The normalized spacial score (nSPS) is 35.9. The molecule has 0 heterocycles. The van der Waals surface area contributed by atoms with Crippen molar-refractivity contribution in [3.8, 4) is 0 Å². The van der Waals surface area contributed by atoms with Crippen molar-refractivity contribution in [2.45, 2.75) is 57.7 Å². The Balaban J connectivity index is 0.00000141. The quantitative estimate of drug-likeness (QED) is 0.353. The van der Waals surface area contributed by atoms with Crippen LogP contribution in [0.15, 0.2) is 41.2 Å². The number of nitrogens with one attached hydrogen (secondary N) is 1. The van der Waals surface area contributed by atoms with Gasteiger partial charge < -0.3 is 11.2 Å². The third-order valence-corrected chi connectivity index (χ3v) is 3.83. The summed E-state index contributed by atoms with van der Waals surface area (Å²) >= 11 is 0. The molecule has 22 heavy (non-hydrogen) atoms. The van der Waals surface area contributed by atoms with Crippen molar-refractivity contribution in [1.82, 2.24) is 5.32 Å². The van der Waals surface area contributed by atoms with Crippen molar-refractivity contribution in [2.75, 3.05) is 7.05 Å². The van der Waals surface area contributed by atoms with Crippen LogP contribution in [0.1, 0.15) is 40.5 Å². The second-order valence-electron chi connectivity index (χ2n) is 5.89. The fraction of sp³-hybridized carbons (Fsp3) is 0.556. The van der Waals surface area contributed by atoms with Crippen LogP contribution in [0.2, 0.25) is 11.1 Å². The van der Waals surface area contributed by atoms with E-state index in [1.165, 1.54) is 17.1 Å². The second kappa shape index (κ2) is 9.79. The van der Waals surface area contributed by atoms with E-state index < -0.39 is 5.31 Å². The van der Waals surface area contributed by atoms with Gasteiger partial charge in [0, 0.05) is 20.4 Å². The smallest absolute Gasteiger partial charge is 0.0863 e. The average Bonchev–Trinajstić information content (AvgIpc) is 2.53. The molecule has 2 aliphatic carbocycles. The van der Waals surface area contributed by atoms with Gasteiger partial charge in [0.25, 0.3) is 0 Å². The molecule has 0 aliphatic heterocycles. The zero-order valence-electron chi connectivity index (χ0n) is 14.4. The van der Waals surface area contributed by atoms with Crippen LogP contribution in [0.25, 0.3) is 0 Å². The van der Waals surface area contributed by atoms with Crippen LogP contribution < -0.4 is 5.32 Å². The fourth-order valence-electron chi connectivity index (χ4n) is 2.85. The molecule has 1 N–H and O–H groups in total. The first-order valence-corrected chi connectivity index (χ1v) is 7.82. The van der Waals surface area contributed by atoms with Gasteiger partial charge in [-0.15, -0.1) is 5.73 Å². The molecule has 4 heteroatoms. The number of hydrogen-bond donors (Lipinski definition) is 1. The maximum atomic E-state index is 6.43. The van der Waals surface area contributed by atoms with Gasteiger partial charge in [-0.3, -0.25) is 0 Å². The molecule has 0 aromatic carbocycles. The SMILES string of the molecule is CC.[B]C1C2=C/C=C=CC([B])(C)/C=C\2C[C-](C)CC1NC.[Re]. The van der Waals surface area contributed by atoms with Crippen molar-refractivity contribution in [2.24, 2.45) is 0 Å². The predicted octanol–water partition coefficient (Wildman–Crippen LogP) is 3.87. The van der Waals surface area contributed by atoms with Gasteiger partial charge in [-0.05, 0) is 36.4 Å². The molecule has 3 atom stereocenters. The summed E-state index contributed by atoms with van der Waals surface area (Å²) in [4.78, 5) is 0. The van der Waals surface area contributed by atoms with Crippen LogP contribution in [-0.2, 0) is 20.4 Å². The first-order chi connectivity index (χ1) is 9.93. The van der Waals surface area contributed by atoms with Crippen LogP contribution in [0.5, 0.6) is 0 Å². The molecule has 117 valence electrons. The maximum absolute atomic E-state index is 6.43. The minimum absolute atomic E-state index is 0. The Morgan fingerprint density at radius 1 is 1.41 bits per heavy atom. The Morgan fingerprint density at radius 2 is 2.05 bits per heavy atom. The molecule has 0 aromatic rings. The Hall–Kier alpha value is -0.248. The van der Waals surface area contributed by atoms with E-state index in [4.69, 9.17) is 15.7 Å². The number of allylic oxidation sites excluding steroid dienone is 4. The van der Waals surface area contributed by atoms with Crippen molar-refractivity contribution < 1.29 is 20.4 Å². The molecular weight excluding hydrogens is 438 g/mol. The van der Waals surface area contributed by atoms with Gasteiger partial charge in [0.15, 0.2) is 0 Å². The largest absolute Gasteiger partial charge is 0.320 e. The van der Waals surface area contributed by atoms with E-state index in [1.807, 2.05) is 40.0 Å². The van der Waals surface area contributed by atoms with Gasteiger partial charge in [-0.25, -0.2) is 0 Å². The molecule has 1 nitrogen and oxygen atoms in total. The van der Waals surface area contributed by atoms with Gasteiger partial charge in [-0.1, -0.05) is 44.1 Å². The standard InChI is InChI=1S/C16H20B2N.C2H6.Re/c1-11-8-12-10-16(2,18)7-5-4-6-13(12)15(17)14(9-11)19-3;1-2;/h4,6-7,10,14-15,19H,8-9H2,1-3H3;1-2H3;/q-1;;/b12-10-,13-6+;;. The third kappa shape index (κ3) is 5.75. The molecule has 1 saturated carbocycles. The molecule has 0 saturated heterocycles. The number of hydrogen-bond acceptors (Lipinski definition) is 1. The molecule has 2 aliphatic rings. The summed E-state index contributed by atoms with van der Waals surface area (Å²) < 4.78 is 0. The summed E-state index contributed by atoms with van der Waals surface area (Å²) in [6, 6.07) is 0.276. The van der Waals surface area contributed by atoms with Crippen molar-refractivity contribution in [3.63, 3.8) is 0 Å². The molecule has 0 amide bonds. The van der Waals surface area contributed by atoms with E-state index >= 15 is 0 Å². The first-order valence-electron chi connectivity index (χ1n) is 7.82. The minimum Gasteiger partial charge on any atom is -0.320 e. The molecule has 0 spiro atoms. The summed E-state index contributed by atoms with van der Waals surface area (Å²) in [5.41, 5.74) is 5.54. The predicted molar refractivity (Wildman–Crippen MR) is 94.8 cm³/mol. The van der Waals surface area contributed by atoms with Crippen LogP contribution in [0, 0.1) is 5.92 Å². The van der Waals surface area contributed by atoms with Crippen LogP contribution in [0.3, 0.4) is 0 Å². The summed E-state index contributed by atoms with van der Waals surface area (Å²) in [6.07, 6.45) is 9.97. The minimum atomic E-state index is -0.467. The zero-order chi connectivity index (χ0) is 16.0. The average molecular weight is 464 g/mol. The first kappa shape index (κ1) is 21.8. The summed E-state index contributed by atoms with van der Waals surface area (Å²) in [5, 5.41) is 2.86. The topological polar surface area (TPSA) is 12.0 Å². The van der Waals surface area contributed by atoms with E-state index in [9.17, 15) is 0 Å². The maximum Gasteiger partial charge on any atom is 0.0863 e. The van der Waals surface area contributed by atoms with Crippen molar-refractivity contribution in [1.29, 1.82) is 0 Å². The van der Waals surface area contributed by atoms with Crippen molar-refractivity contribution in [3.05, 3.63) is 47.1 Å². The van der Waals surface area contributed by atoms with Gasteiger partial charge in [0.05, 0.1) is 15.7 Å². The van der Waals surface area contributed by atoms with E-state index in [-0.39, 0.29) is 32.3 Å². The molecule has 1 fully saturated rings. The second-order valence-corrected chi connectivity index (χ2v) is 5.89. The van der Waals surface area contributed by atoms with Gasteiger partial charge >= 0.3 is 0 Å².